The zero-order chi connectivity index (χ0) is 17.2. The standard InChI is InChI=1S/C13H13ClN2O5S2/c1-20-10-5-11(21-2)9(4-8(10)14)16-23(18,19)7-3-12(13(15)17)22-6-7/h3-6,16H,1-2H3,(H2,15,17). The molecular formula is C13H13ClN2O5S2. The van der Waals surface area contributed by atoms with Crippen molar-refractivity contribution in [3.63, 3.8) is 0 Å². The number of amides is 1. The van der Waals surface area contributed by atoms with Crippen molar-refractivity contribution in [2.75, 3.05) is 18.9 Å². The predicted molar refractivity (Wildman–Crippen MR) is 88.2 cm³/mol. The van der Waals surface area contributed by atoms with E-state index in [0.29, 0.717) is 5.75 Å². The Balaban J connectivity index is 2.40. The molecule has 0 aliphatic carbocycles. The molecule has 0 aliphatic heterocycles. The minimum absolute atomic E-state index is 0.0784. The molecule has 3 N–H and O–H groups in total. The van der Waals surface area contributed by atoms with Crippen molar-refractivity contribution in [1.82, 2.24) is 0 Å². The number of hydrogen-bond donors (Lipinski definition) is 2. The van der Waals surface area contributed by atoms with Crippen LogP contribution in [0, 0.1) is 0 Å². The van der Waals surface area contributed by atoms with E-state index in [1.165, 1.54) is 37.8 Å². The lowest BCUT2D eigenvalue weighted by Gasteiger charge is -2.13. The molecule has 2 aromatic rings. The third-order valence-corrected chi connectivity index (χ3v) is 5.58. The number of anilines is 1. The number of primary amides is 1. The Morgan fingerprint density at radius 2 is 1.87 bits per heavy atom. The first kappa shape index (κ1) is 17.4. The van der Waals surface area contributed by atoms with Crippen LogP contribution in [0.1, 0.15) is 9.67 Å². The molecule has 0 spiro atoms. The van der Waals surface area contributed by atoms with E-state index >= 15 is 0 Å². The van der Waals surface area contributed by atoms with Gasteiger partial charge in [0, 0.05) is 11.4 Å². The van der Waals surface area contributed by atoms with Gasteiger partial charge < -0.3 is 15.2 Å². The Labute approximate surface area is 142 Å². The highest BCUT2D eigenvalue weighted by molar-refractivity contribution is 7.92. The SMILES string of the molecule is COc1cc(OC)c(NS(=O)(=O)c2csc(C(N)=O)c2)cc1Cl. The van der Waals surface area contributed by atoms with Gasteiger partial charge in [-0.25, -0.2) is 8.42 Å². The van der Waals surface area contributed by atoms with Crippen LogP contribution >= 0.6 is 22.9 Å². The highest BCUT2D eigenvalue weighted by Crippen LogP contribution is 2.37. The number of methoxy groups -OCH3 is 2. The topological polar surface area (TPSA) is 108 Å². The molecule has 0 saturated heterocycles. The molecule has 0 aliphatic rings. The molecular weight excluding hydrogens is 364 g/mol. The highest BCUT2D eigenvalue weighted by Gasteiger charge is 2.21. The smallest absolute Gasteiger partial charge is 0.262 e. The van der Waals surface area contributed by atoms with E-state index < -0.39 is 15.9 Å². The summed E-state index contributed by atoms with van der Waals surface area (Å²) in [5, 5.41) is 1.54. The van der Waals surface area contributed by atoms with Gasteiger partial charge in [-0.05, 0) is 12.1 Å². The molecule has 0 saturated carbocycles. The Hall–Kier alpha value is -1.97. The summed E-state index contributed by atoms with van der Waals surface area (Å²) >= 11 is 6.95. The average molecular weight is 377 g/mol. The molecule has 23 heavy (non-hydrogen) atoms. The highest BCUT2D eigenvalue weighted by atomic mass is 35.5. The van der Waals surface area contributed by atoms with Crippen LogP contribution < -0.4 is 19.9 Å². The van der Waals surface area contributed by atoms with Crippen molar-refractivity contribution in [3.05, 3.63) is 33.5 Å². The minimum Gasteiger partial charge on any atom is -0.495 e. The van der Waals surface area contributed by atoms with Crippen LogP contribution in [0.5, 0.6) is 11.5 Å². The molecule has 0 bridgehead atoms. The van der Waals surface area contributed by atoms with E-state index in [1.807, 2.05) is 0 Å². The molecule has 0 atom stereocenters. The van der Waals surface area contributed by atoms with E-state index in [-0.39, 0.29) is 26.2 Å². The van der Waals surface area contributed by atoms with Crippen LogP contribution in [0.25, 0.3) is 0 Å². The second kappa shape index (κ2) is 6.65. The maximum atomic E-state index is 12.4. The first-order chi connectivity index (χ1) is 10.8. The van der Waals surface area contributed by atoms with Gasteiger partial charge in [-0.15, -0.1) is 11.3 Å². The molecule has 1 aromatic heterocycles. The van der Waals surface area contributed by atoms with Crippen molar-refractivity contribution in [3.8, 4) is 11.5 Å². The van der Waals surface area contributed by atoms with E-state index in [0.717, 1.165) is 11.3 Å². The van der Waals surface area contributed by atoms with Crippen LogP contribution in [-0.2, 0) is 10.0 Å². The van der Waals surface area contributed by atoms with E-state index in [1.54, 1.807) is 0 Å². The number of nitrogens with one attached hydrogen (secondary N) is 1. The fraction of sp³-hybridized carbons (Fsp3) is 0.154. The average Bonchev–Trinajstić information content (AvgIpc) is 2.98. The molecule has 0 radical (unpaired) electrons. The number of nitrogens with two attached hydrogens (primary N) is 1. The van der Waals surface area contributed by atoms with Crippen molar-refractivity contribution in [2.45, 2.75) is 4.90 Å². The third kappa shape index (κ3) is 3.69. The first-order valence-electron chi connectivity index (χ1n) is 6.11. The van der Waals surface area contributed by atoms with Gasteiger partial charge in [0.15, 0.2) is 0 Å². The molecule has 0 fully saturated rings. The van der Waals surface area contributed by atoms with Crippen molar-refractivity contribution < 1.29 is 22.7 Å². The number of benzene rings is 1. The molecule has 1 amide bonds. The predicted octanol–water partition coefficient (Wildman–Crippen LogP) is 2.32. The zero-order valence-electron chi connectivity index (χ0n) is 12.1. The summed E-state index contributed by atoms with van der Waals surface area (Å²) in [6.07, 6.45) is 0. The first-order valence-corrected chi connectivity index (χ1v) is 8.85. The summed E-state index contributed by atoms with van der Waals surface area (Å²) in [4.78, 5) is 11.1. The molecule has 1 heterocycles. The van der Waals surface area contributed by atoms with Crippen molar-refractivity contribution in [1.29, 1.82) is 0 Å². The summed E-state index contributed by atoms with van der Waals surface area (Å²) in [7, 11) is -1.10. The summed E-state index contributed by atoms with van der Waals surface area (Å²) < 4.78 is 37.3. The maximum Gasteiger partial charge on any atom is 0.262 e. The number of ether oxygens (including phenoxy) is 2. The maximum absolute atomic E-state index is 12.4. The minimum atomic E-state index is -3.92. The van der Waals surface area contributed by atoms with Crippen LogP contribution in [0.2, 0.25) is 5.02 Å². The Bertz CT molecular complexity index is 848. The van der Waals surface area contributed by atoms with Crippen LogP contribution in [0.15, 0.2) is 28.5 Å². The molecule has 2 rings (SSSR count). The van der Waals surface area contributed by atoms with Gasteiger partial charge in [0.2, 0.25) is 0 Å². The van der Waals surface area contributed by atoms with Crippen LogP contribution in [0.4, 0.5) is 5.69 Å². The summed E-state index contributed by atoms with van der Waals surface area (Å²) in [5.41, 5.74) is 5.27. The second-order valence-electron chi connectivity index (χ2n) is 4.30. The fourth-order valence-electron chi connectivity index (χ4n) is 1.73. The monoisotopic (exact) mass is 376 g/mol. The number of sulfonamides is 1. The Morgan fingerprint density at radius 1 is 1.22 bits per heavy atom. The lowest BCUT2D eigenvalue weighted by Crippen LogP contribution is -2.13. The summed E-state index contributed by atoms with van der Waals surface area (Å²) in [6, 6.07) is 4.04. The molecule has 0 unspecified atom stereocenters. The number of carbonyl (C=O) groups excluding carboxylic acids is 1. The quantitative estimate of drug-likeness (QED) is 0.804. The molecule has 7 nitrogen and oxygen atoms in total. The molecule has 124 valence electrons. The third-order valence-electron chi connectivity index (χ3n) is 2.85. The lowest BCUT2D eigenvalue weighted by molar-refractivity contribution is 0.100. The van der Waals surface area contributed by atoms with E-state index in [9.17, 15) is 13.2 Å². The fourth-order valence-corrected chi connectivity index (χ4v) is 4.16. The summed E-state index contributed by atoms with van der Waals surface area (Å²) in [5.74, 6) is -0.111. The van der Waals surface area contributed by atoms with Gasteiger partial charge in [0.25, 0.3) is 15.9 Å². The Kier molecular flexibility index (Phi) is 5.03. The van der Waals surface area contributed by atoms with Crippen LogP contribution in [0.3, 0.4) is 0 Å². The lowest BCUT2D eigenvalue weighted by atomic mass is 10.3. The largest absolute Gasteiger partial charge is 0.495 e. The number of rotatable bonds is 6. The van der Waals surface area contributed by atoms with Crippen molar-refractivity contribution >= 4 is 44.6 Å². The van der Waals surface area contributed by atoms with E-state index in [2.05, 4.69) is 4.72 Å². The number of carbonyl (C=O) groups is 1. The molecule has 1 aromatic carbocycles. The van der Waals surface area contributed by atoms with Gasteiger partial charge in [0.1, 0.15) is 11.5 Å². The number of hydrogen-bond acceptors (Lipinski definition) is 6. The molecule has 10 heteroatoms. The van der Waals surface area contributed by atoms with Gasteiger partial charge >= 0.3 is 0 Å². The van der Waals surface area contributed by atoms with Gasteiger partial charge in [-0.1, -0.05) is 11.6 Å². The van der Waals surface area contributed by atoms with Gasteiger partial charge in [-0.2, -0.15) is 0 Å². The summed E-state index contributed by atoms with van der Waals surface area (Å²) in [6.45, 7) is 0. The Morgan fingerprint density at radius 3 is 2.39 bits per heavy atom. The zero-order valence-corrected chi connectivity index (χ0v) is 14.5. The van der Waals surface area contributed by atoms with Gasteiger partial charge in [-0.3, -0.25) is 9.52 Å². The number of halogens is 1. The second-order valence-corrected chi connectivity index (χ2v) is 7.30. The van der Waals surface area contributed by atoms with E-state index in [4.69, 9.17) is 26.8 Å². The van der Waals surface area contributed by atoms with Gasteiger partial charge in [0.05, 0.1) is 34.7 Å². The number of thiophene rings is 1. The van der Waals surface area contributed by atoms with Crippen LogP contribution in [-0.4, -0.2) is 28.5 Å². The van der Waals surface area contributed by atoms with Crippen molar-refractivity contribution in [2.24, 2.45) is 5.73 Å². The normalized spacial score (nSPS) is 11.1.